The third-order valence-electron chi connectivity index (χ3n) is 3.19. The molecule has 0 saturated carbocycles. The number of carboxylic acid groups (broad SMARTS) is 1. The van der Waals surface area contributed by atoms with Gasteiger partial charge in [0.1, 0.15) is 0 Å². The van der Waals surface area contributed by atoms with Gasteiger partial charge in [-0.2, -0.15) is 0 Å². The fourth-order valence-corrected chi connectivity index (χ4v) is 2.87. The number of benzene rings is 2. The fraction of sp³-hybridized carbons (Fsp3) is 0.133. The highest BCUT2D eigenvalue weighted by Crippen LogP contribution is 2.23. The molecule has 0 aliphatic heterocycles. The van der Waals surface area contributed by atoms with Crippen LogP contribution in [0.4, 0.5) is 0 Å². The number of hydroxylamine groups is 1. The van der Waals surface area contributed by atoms with Gasteiger partial charge in [-0.1, -0.05) is 28.7 Å². The predicted molar refractivity (Wildman–Crippen MR) is 80.8 cm³/mol. The molecule has 0 fully saturated rings. The fourth-order valence-electron chi connectivity index (χ4n) is 1.90. The number of aromatic carboxylic acids is 1. The Balaban J connectivity index is 2.37. The zero-order valence-corrected chi connectivity index (χ0v) is 12.9. The van der Waals surface area contributed by atoms with Gasteiger partial charge < -0.3 is 5.11 Å². The van der Waals surface area contributed by atoms with Gasteiger partial charge in [-0.3, -0.25) is 4.84 Å². The van der Waals surface area contributed by atoms with Crippen molar-refractivity contribution in [2.45, 2.75) is 4.90 Å². The average Bonchev–Trinajstić information content (AvgIpc) is 2.54. The van der Waals surface area contributed by atoms with Gasteiger partial charge in [-0.05, 0) is 35.4 Å². The summed E-state index contributed by atoms with van der Waals surface area (Å²) in [5, 5.41) is 9.00. The summed E-state index contributed by atoms with van der Waals surface area (Å²) in [6, 6.07) is 12.6. The van der Waals surface area contributed by atoms with Crippen LogP contribution in [0.15, 0.2) is 53.4 Å². The van der Waals surface area contributed by atoms with Gasteiger partial charge in [0.2, 0.25) is 0 Å². The summed E-state index contributed by atoms with van der Waals surface area (Å²) >= 11 is 0. The lowest BCUT2D eigenvalue weighted by atomic mass is 10.0. The highest BCUT2D eigenvalue weighted by atomic mass is 32.2. The molecule has 22 heavy (non-hydrogen) atoms. The van der Waals surface area contributed by atoms with Gasteiger partial charge in [-0.15, -0.1) is 0 Å². The van der Waals surface area contributed by atoms with Crippen molar-refractivity contribution in [3.63, 3.8) is 0 Å². The summed E-state index contributed by atoms with van der Waals surface area (Å²) in [7, 11) is -1.12. The lowest BCUT2D eigenvalue weighted by molar-refractivity contribution is -0.0258. The molecular weight excluding hydrogens is 306 g/mol. The first-order valence-electron chi connectivity index (χ1n) is 6.33. The van der Waals surface area contributed by atoms with Crippen LogP contribution < -0.4 is 0 Å². The lowest BCUT2D eigenvalue weighted by Gasteiger charge is -2.14. The number of sulfonamides is 1. The molecule has 0 saturated heterocycles. The average molecular weight is 321 g/mol. The Morgan fingerprint density at radius 3 is 2.27 bits per heavy atom. The van der Waals surface area contributed by atoms with Crippen molar-refractivity contribution >= 4 is 16.0 Å². The highest BCUT2D eigenvalue weighted by molar-refractivity contribution is 7.89. The van der Waals surface area contributed by atoms with Crippen molar-refractivity contribution in [3.8, 4) is 11.1 Å². The van der Waals surface area contributed by atoms with E-state index in [2.05, 4.69) is 0 Å². The van der Waals surface area contributed by atoms with Crippen LogP contribution in [-0.2, 0) is 14.9 Å². The topological polar surface area (TPSA) is 83.9 Å². The molecule has 2 rings (SSSR count). The summed E-state index contributed by atoms with van der Waals surface area (Å²) in [6.45, 7) is 0. The van der Waals surface area contributed by atoms with Crippen molar-refractivity contribution in [1.29, 1.82) is 0 Å². The minimum absolute atomic E-state index is 0.0926. The Bertz CT molecular complexity index is 784. The molecule has 1 N–H and O–H groups in total. The van der Waals surface area contributed by atoms with Crippen LogP contribution in [0.2, 0.25) is 0 Å². The van der Waals surface area contributed by atoms with Crippen LogP contribution in [0.3, 0.4) is 0 Å². The van der Waals surface area contributed by atoms with E-state index in [-0.39, 0.29) is 10.5 Å². The molecular formula is C15H15NO5S. The maximum absolute atomic E-state index is 12.1. The maximum atomic E-state index is 12.1. The van der Waals surface area contributed by atoms with Crippen LogP contribution in [-0.4, -0.2) is 38.1 Å². The quantitative estimate of drug-likeness (QED) is 0.854. The molecule has 7 heteroatoms. The molecule has 0 unspecified atom stereocenters. The summed E-state index contributed by atoms with van der Waals surface area (Å²) in [4.78, 5) is 15.8. The molecule has 0 heterocycles. The van der Waals surface area contributed by atoms with Gasteiger partial charge >= 0.3 is 5.97 Å². The monoisotopic (exact) mass is 321 g/mol. The Hall–Kier alpha value is -2.22. The molecule has 0 spiro atoms. The first-order chi connectivity index (χ1) is 10.4. The van der Waals surface area contributed by atoms with Crippen molar-refractivity contribution in [1.82, 2.24) is 4.47 Å². The second-order valence-corrected chi connectivity index (χ2v) is 6.44. The maximum Gasteiger partial charge on any atom is 0.335 e. The van der Waals surface area contributed by atoms with E-state index in [4.69, 9.17) is 9.94 Å². The lowest BCUT2D eigenvalue weighted by Crippen LogP contribution is -2.25. The molecule has 0 aromatic heterocycles. The third kappa shape index (κ3) is 3.16. The first kappa shape index (κ1) is 16.2. The molecule has 0 bridgehead atoms. The van der Waals surface area contributed by atoms with E-state index in [1.165, 1.54) is 38.4 Å². The van der Waals surface area contributed by atoms with E-state index >= 15 is 0 Å². The van der Waals surface area contributed by atoms with Gasteiger partial charge in [0.25, 0.3) is 10.0 Å². The molecule has 0 radical (unpaired) electrons. The summed E-state index contributed by atoms with van der Waals surface area (Å²) in [5.74, 6) is -1.01. The van der Waals surface area contributed by atoms with Crippen molar-refractivity contribution in [2.75, 3.05) is 14.2 Å². The molecule has 0 aliphatic carbocycles. The van der Waals surface area contributed by atoms with Crippen LogP contribution in [0.1, 0.15) is 10.4 Å². The number of hydrogen-bond donors (Lipinski definition) is 1. The number of nitrogens with zero attached hydrogens (tertiary/aromatic N) is 1. The van der Waals surface area contributed by atoms with Crippen LogP contribution in [0, 0.1) is 0 Å². The molecule has 6 nitrogen and oxygen atoms in total. The van der Waals surface area contributed by atoms with E-state index in [9.17, 15) is 13.2 Å². The summed E-state index contributed by atoms with van der Waals surface area (Å²) in [5.41, 5.74) is 1.60. The second-order valence-electron chi connectivity index (χ2n) is 4.51. The van der Waals surface area contributed by atoms with Crippen LogP contribution in [0.5, 0.6) is 0 Å². The van der Waals surface area contributed by atoms with E-state index < -0.39 is 16.0 Å². The molecule has 2 aromatic rings. The van der Waals surface area contributed by atoms with E-state index in [0.29, 0.717) is 5.56 Å². The number of rotatable bonds is 5. The van der Waals surface area contributed by atoms with Gasteiger partial charge in [-0.25, -0.2) is 13.2 Å². The predicted octanol–water partition coefficient (Wildman–Crippen LogP) is 2.23. The van der Waals surface area contributed by atoms with Crippen molar-refractivity contribution < 1.29 is 23.2 Å². The molecule has 0 atom stereocenters. The zero-order chi connectivity index (χ0) is 16.3. The Morgan fingerprint density at radius 1 is 1.09 bits per heavy atom. The molecule has 0 amide bonds. The zero-order valence-electron chi connectivity index (χ0n) is 12.1. The van der Waals surface area contributed by atoms with Gasteiger partial charge in [0, 0.05) is 7.05 Å². The highest BCUT2D eigenvalue weighted by Gasteiger charge is 2.20. The Labute approximate surface area is 128 Å². The minimum atomic E-state index is -3.69. The summed E-state index contributed by atoms with van der Waals surface area (Å²) in [6.07, 6.45) is 0. The third-order valence-corrected chi connectivity index (χ3v) is 4.88. The van der Waals surface area contributed by atoms with Gasteiger partial charge in [0.15, 0.2) is 0 Å². The van der Waals surface area contributed by atoms with Crippen molar-refractivity contribution in [2.24, 2.45) is 0 Å². The first-order valence-corrected chi connectivity index (χ1v) is 7.77. The SMILES string of the molecule is CON(C)S(=O)(=O)c1ccc(-c2cccc(C(=O)O)c2)cc1. The Kier molecular flexibility index (Phi) is 4.60. The number of hydrogen-bond acceptors (Lipinski definition) is 4. The minimum Gasteiger partial charge on any atom is -0.478 e. The second kappa shape index (κ2) is 6.27. The molecule has 2 aromatic carbocycles. The van der Waals surface area contributed by atoms with E-state index in [1.54, 1.807) is 24.3 Å². The van der Waals surface area contributed by atoms with Gasteiger partial charge in [0.05, 0.1) is 17.6 Å². The normalized spacial score (nSPS) is 11.6. The van der Waals surface area contributed by atoms with E-state index in [1.807, 2.05) is 0 Å². The number of carboxylic acids is 1. The standard InChI is InChI=1S/C15H15NO5S/c1-16(21-2)22(19,20)14-8-6-11(7-9-14)12-4-3-5-13(10-12)15(17)18/h3-10H,1-2H3,(H,17,18). The molecule has 0 aliphatic rings. The molecule has 116 valence electrons. The number of carbonyl (C=O) groups is 1. The van der Waals surface area contributed by atoms with Crippen LogP contribution >= 0.6 is 0 Å². The van der Waals surface area contributed by atoms with Crippen molar-refractivity contribution in [3.05, 3.63) is 54.1 Å². The smallest absolute Gasteiger partial charge is 0.335 e. The van der Waals surface area contributed by atoms with E-state index in [0.717, 1.165) is 10.0 Å². The Morgan fingerprint density at radius 2 is 1.73 bits per heavy atom. The summed E-state index contributed by atoms with van der Waals surface area (Å²) < 4.78 is 24.9. The largest absolute Gasteiger partial charge is 0.478 e. The van der Waals surface area contributed by atoms with Crippen LogP contribution in [0.25, 0.3) is 11.1 Å².